The van der Waals surface area contributed by atoms with Crippen LogP contribution in [0.3, 0.4) is 0 Å². The molecule has 68 valence electrons. The number of carbonyl (C=O) groups excluding carboxylic acids is 1. The topological polar surface area (TPSA) is 42.1 Å². The number of carbonyl (C=O) groups is 1. The average Bonchev–Trinajstić information content (AvgIpc) is 2.66. The number of hydrogen-bond donors (Lipinski definition) is 0. The molecule has 0 saturated carbocycles. The van der Waals surface area contributed by atoms with Crippen molar-refractivity contribution in [3.63, 3.8) is 0 Å². The van der Waals surface area contributed by atoms with E-state index in [1.807, 2.05) is 0 Å². The molecule has 0 bridgehead atoms. The van der Waals surface area contributed by atoms with Crippen molar-refractivity contribution in [2.24, 2.45) is 0 Å². The molecule has 2 atom stereocenters. The fraction of sp³-hybridized carbons (Fsp3) is 0.875. The lowest BCUT2D eigenvalue weighted by Crippen LogP contribution is -2.35. The van der Waals surface area contributed by atoms with Gasteiger partial charge in [0, 0.05) is 20.0 Å². The Labute approximate surface area is 71.4 Å². The van der Waals surface area contributed by atoms with Crippen molar-refractivity contribution < 1.29 is 14.3 Å². The summed E-state index contributed by atoms with van der Waals surface area (Å²) in [6.45, 7) is 3.69. The van der Waals surface area contributed by atoms with Gasteiger partial charge >= 0.3 is 0 Å². The highest BCUT2D eigenvalue weighted by atomic mass is 16.8. The van der Waals surface area contributed by atoms with E-state index in [-0.39, 0.29) is 18.3 Å². The van der Waals surface area contributed by atoms with Gasteiger partial charge in [-0.1, -0.05) is 0 Å². The Morgan fingerprint density at radius 2 is 2.33 bits per heavy atom. The number of rotatable bonds is 0. The largest absolute Gasteiger partial charge is 0.348 e. The van der Waals surface area contributed by atoms with E-state index < -0.39 is 0 Å². The van der Waals surface area contributed by atoms with Gasteiger partial charge in [-0.3, -0.25) is 4.79 Å². The summed E-state index contributed by atoms with van der Waals surface area (Å²) in [5.74, 6) is 0.123. The van der Waals surface area contributed by atoms with Gasteiger partial charge in [0.2, 0.25) is 5.91 Å². The molecule has 2 rings (SSSR count). The third-order valence-corrected chi connectivity index (χ3v) is 2.31. The van der Waals surface area contributed by atoms with Crippen molar-refractivity contribution in [3.05, 3.63) is 0 Å². The van der Waals surface area contributed by atoms with Crippen LogP contribution in [-0.4, -0.2) is 42.9 Å². The zero-order chi connectivity index (χ0) is 8.55. The minimum atomic E-state index is 0.0270. The summed E-state index contributed by atoms with van der Waals surface area (Å²) in [5, 5.41) is 0. The van der Waals surface area contributed by atoms with Gasteiger partial charge in [0.25, 0.3) is 0 Å². The van der Waals surface area contributed by atoms with Crippen LogP contribution in [0, 0.1) is 0 Å². The molecule has 0 aliphatic carbocycles. The van der Waals surface area contributed by atoms with Crippen molar-refractivity contribution in [1.29, 1.82) is 0 Å². The van der Waals surface area contributed by atoms with Gasteiger partial charge in [0.05, 0.1) is 6.61 Å². The van der Waals surface area contributed by atoms with Gasteiger partial charge in [0.1, 0.15) is 6.10 Å². The zero-order valence-electron chi connectivity index (χ0n) is 7.16. The Morgan fingerprint density at radius 3 is 3.08 bits per heavy atom. The van der Waals surface area contributed by atoms with Crippen LogP contribution in [0.2, 0.25) is 0 Å². The highest BCUT2D eigenvalue weighted by Gasteiger charge is 2.41. The minimum absolute atomic E-state index is 0.0270. The highest BCUT2D eigenvalue weighted by Crippen LogP contribution is 2.27. The van der Waals surface area contributed by atoms with Crippen LogP contribution in [0.4, 0.5) is 0 Å². The van der Waals surface area contributed by atoms with Crippen LogP contribution >= 0.6 is 0 Å². The van der Waals surface area contributed by atoms with Gasteiger partial charge in [0.15, 0.2) is 6.29 Å². The fourth-order valence-electron chi connectivity index (χ4n) is 1.47. The SMILES string of the molecule is CC(=O)N1CCOC2OC2CC1. The second-order valence-corrected chi connectivity index (χ2v) is 3.21. The van der Waals surface area contributed by atoms with E-state index in [2.05, 4.69) is 0 Å². The molecule has 4 heteroatoms. The summed E-state index contributed by atoms with van der Waals surface area (Å²) in [6, 6.07) is 0. The van der Waals surface area contributed by atoms with Crippen molar-refractivity contribution in [2.45, 2.75) is 25.7 Å². The molecule has 4 nitrogen and oxygen atoms in total. The van der Waals surface area contributed by atoms with Crippen molar-refractivity contribution in [2.75, 3.05) is 19.7 Å². The van der Waals surface area contributed by atoms with Crippen molar-refractivity contribution in [3.8, 4) is 0 Å². The van der Waals surface area contributed by atoms with Crippen LogP contribution < -0.4 is 0 Å². The molecule has 0 N–H and O–H groups in total. The Kier molecular flexibility index (Phi) is 2.02. The van der Waals surface area contributed by atoms with Crippen LogP contribution in [0.15, 0.2) is 0 Å². The van der Waals surface area contributed by atoms with Crippen LogP contribution in [0.25, 0.3) is 0 Å². The molecule has 2 unspecified atom stereocenters. The van der Waals surface area contributed by atoms with E-state index in [1.165, 1.54) is 0 Å². The smallest absolute Gasteiger partial charge is 0.219 e. The van der Waals surface area contributed by atoms with E-state index in [0.717, 1.165) is 13.0 Å². The first-order valence-electron chi connectivity index (χ1n) is 4.30. The molecule has 2 aliphatic heterocycles. The molecule has 12 heavy (non-hydrogen) atoms. The molecule has 2 fully saturated rings. The standard InChI is InChI=1S/C8H13NO3/c1-6(10)9-3-2-7-8(12-7)11-5-4-9/h7-8H,2-5H2,1H3. The third-order valence-electron chi connectivity index (χ3n) is 2.31. The lowest BCUT2D eigenvalue weighted by atomic mass is 10.3. The van der Waals surface area contributed by atoms with Gasteiger partial charge in [-0.15, -0.1) is 0 Å². The Hall–Kier alpha value is -0.610. The summed E-state index contributed by atoms with van der Waals surface area (Å²) >= 11 is 0. The molecule has 2 heterocycles. The van der Waals surface area contributed by atoms with E-state index in [0.29, 0.717) is 13.2 Å². The normalized spacial score (nSPS) is 34.9. The summed E-state index contributed by atoms with van der Waals surface area (Å²) in [7, 11) is 0. The second kappa shape index (κ2) is 3.03. The number of epoxide rings is 1. The van der Waals surface area contributed by atoms with Gasteiger partial charge in [-0.25, -0.2) is 0 Å². The number of ether oxygens (including phenoxy) is 2. The predicted molar refractivity (Wildman–Crippen MR) is 41.5 cm³/mol. The molecular weight excluding hydrogens is 158 g/mol. The fourth-order valence-corrected chi connectivity index (χ4v) is 1.47. The molecule has 1 amide bonds. The van der Waals surface area contributed by atoms with Gasteiger partial charge < -0.3 is 14.4 Å². The first kappa shape index (κ1) is 8.01. The van der Waals surface area contributed by atoms with E-state index in [9.17, 15) is 4.79 Å². The van der Waals surface area contributed by atoms with Gasteiger partial charge in [-0.2, -0.15) is 0 Å². The molecular formula is C8H13NO3. The number of amides is 1. The van der Waals surface area contributed by atoms with Crippen molar-refractivity contribution in [1.82, 2.24) is 4.90 Å². The molecule has 0 aromatic heterocycles. The lowest BCUT2D eigenvalue weighted by molar-refractivity contribution is -0.130. The maximum Gasteiger partial charge on any atom is 0.219 e. The highest BCUT2D eigenvalue weighted by molar-refractivity contribution is 5.73. The predicted octanol–water partition coefficient (Wildman–Crippen LogP) is -0.0199. The van der Waals surface area contributed by atoms with Crippen molar-refractivity contribution >= 4 is 5.91 Å². The zero-order valence-corrected chi connectivity index (χ0v) is 7.16. The second-order valence-electron chi connectivity index (χ2n) is 3.21. The molecule has 0 radical (unpaired) electrons. The lowest BCUT2D eigenvalue weighted by Gasteiger charge is -2.21. The first-order valence-corrected chi connectivity index (χ1v) is 4.30. The van der Waals surface area contributed by atoms with E-state index in [4.69, 9.17) is 9.47 Å². The molecule has 2 aliphatic rings. The minimum Gasteiger partial charge on any atom is -0.348 e. The van der Waals surface area contributed by atoms with Gasteiger partial charge in [-0.05, 0) is 6.42 Å². The summed E-state index contributed by atoms with van der Waals surface area (Å²) in [5.41, 5.74) is 0. The molecule has 0 aromatic rings. The molecule has 0 aromatic carbocycles. The number of hydrogen-bond acceptors (Lipinski definition) is 3. The quantitative estimate of drug-likeness (QED) is 0.481. The molecule has 2 saturated heterocycles. The Balaban J connectivity index is 1.87. The van der Waals surface area contributed by atoms with E-state index >= 15 is 0 Å². The first-order chi connectivity index (χ1) is 5.77. The van der Waals surface area contributed by atoms with Crippen LogP contribution in [-0.2, 0) is 14.3 Å². The Bertz CT molecular complexity index is 195. The van der Waals surface area contributed by atoms with Crippen LogP contribution in [0.5, 0.6) is 0 Å². The third kappa shape index (κ3) is 1.59. The average molecular weight is 171 g/mol. The summed E-state index contributed by atoms with van der Waals surface area (Å²) in [4.78, 5) is 12.8. The summed E-state index contributed by atoms with van der Waals surface area (Å²) in [6.07, 6.45) is 1.18. The Morgan fingerprint density at radius 1 is 1.50 bits per heavy atom. The maximum atomic E-state index is 11.0. The summed E-state index contributed by atoms with van der Waals surface area (Å²) < 4.78 is 10.5. The molecule has 0 spiro atoms. The number of fused-ring (bicyclic) bond motifs is 1. The van der Waals surface area contributed by atoms with E-state index in [1.54, 1.807) is 11.8 Å². The van der Waals surface area contributed by atoms with Crippen LogP contribution in [0.1, 0.15) is 13.3 Å². The number of nitrogens with zero attached hydrogens (tertiary/aromatic N) is 1. The monoisotopic (exact) mass is 171 g/mol. The maximum absolute atomic E-state index is 11.0.